The van der Waals surface area contributed by atoms with Crippen molar-refractivity contribution < 1.29 is 26.0 Å². The first kappa shape index (κ1) is 17.2. The smallest absolute Gasteiger partial charge is 0.316 e. The van der Waals surface area contributed by atoms with Gasteiger partial charge in [-0.05, 0) is 50.0 Å². The molecule has 1 aliphatic rings. The van der Waals surface area contributed by atoms with Gasteiger partial charge in [-0.3, -0.25) is 0 Å². The Morgan fingerprint density at radius 3 is 2.59 bits per heavy atom. The van der Waals surface area contributed by atoms with Crippen molar-refractivity contribution in [2.75, 3.05) is 19.6 Å². The van der Waals surface area contributed by atoms with Gasteiger partial charge in [0.05, 0.1) is 10.5 Å². The predicted molar refractivity (Wildman–Crippen MR) is 72.2 cm³/mol. The number of hydrogen-bond acceptors (Lipinski definition) is 3. The third kappa shape index (κ3) is 4.17. The molecule has 1 heterocycles. The molecule has 0 aromatic heterocycles. The van der Waals surface area contributed by atoms with Crippen LogP contribution in [0, 0.1) is 11.7 Å². The van der Waals surface area contributed by atoms with Crippen molar-refractivity contribution in [2.24, 2.45) is 5.92 Å². The van der Waals surface area contributed by atoms with E-state index < -0.39 is 32.5 Å². The number of hydrogen-bond donors (Lipinski definition) is 2. The maximum atomic E-state index is 13.4. The summed E-state index contributed by atoms with van der Waals surface area (Å²) >= 11 is 0. The second-order valence-corrected chi connectivity index (χ2v) is 6.97. The number of alkyl halides is 3. The highest BCUT2D eigenvalue weighted by Crippen LogP contribution is 2.32. The highest BCUT2D eigenvalue weighted by Gasteiger charge is 2.34. The molecule has 1 saturated heterocycles. The molecule has 1 atom stereocenters. The first-order chi connectivity index (χ1) is 10.2. The molecule has 1 aliphatic heterocycles. The summed E-state index contributed by atoms with van der Waals surface area (Å²) in [6.07, 6.45) is -3.06. The van der Waals surface area contributed by atoms with Crippen LogP contribution in [-0.2, 0) is 16.2 Å². The van der Waals surface area contributed by atoms with E-state index in [1.54, 1.807) is 0 Å². The Morgan fingerprint density at radius 2 is 2.05 bits per heavy atom. The van der Waals surface area contributed by atoms with Crippen molar-refractivity contribution >= 4 is 10.0 Å². The number of rotatable bonds is 4. The van der Waals surface area contributed by atoms with Crippen molar-refractivity contribution in [1.29, 1.82) is 0 Å². The lowest BCUT2D eigenvalue weighted by molar-refractivity contribution is -0.140. The SMILES string of the molecule is O=S(=O)(NCC1CCCNC1)c1ccc(C(F)(F)F)c(F)c1. The van der Waals surface area contributed by atoms with Gasteiger partial charge in [0.1, 0.15) is 5.82 Å². The van der Waals surface area contributed by atoms with Crippen LogP contribution in [-0.4, -0.2) is 28.1 Å². The van der Waals surface area contributed by atoms with E-state index in [0.717, 1.165) is 25.5 Å². The van der Waals surface area contributed by atoms with Gasteiger partial charge in [-0.2, -0.15) is 13.2 Å². The van der Waals surface area contributed by atoms with Gasteiger partial charge in [0.2, 0.25) is 10.0 Å². The second-order valence-electron chi connectivity index (χ2n) is 5.20. The molecular weight excluding hydrogens is 324 g/mol. The van der Waals surface area contributed by atoms with Gasteiger partial charge in [0.25, 0.3) is 0 Å². The maximum absolute atomic E-state index is 13.4. The molecule has 0 radical (unpaired) electrons. The highest BCUT2D eigenvalue weighted by molar-refractivity contribution is 7.89. The quantitative estimate of drug-likeness (QED) is 0.826. The summed E-state index contributed by atoms with van der Waals surface area (Å²) in [6.45, 7) is 1.72. The van der Waals surface area contributed by atoms with Crippen LogP contribution in [0.2, 0.25) is 0 Å². The molecule has 2 N–H and O–H groups in total. The van der Waals surface area contributed by atoms with Crippen LogP contribution in [0.4, 0.5) is 17.6 Å². The van der Waals surface area contributed by atoms with E-state index in [4.69, 9.17) is 0 Å². The van der Waals surface area contributed by atoms with Gasteiger partial charge in [-0.15, -0.1) is 0 Å². The molecule has 0 amide bonds. The van der Waals surface area contributed by atoms with E-state index in [-0.39, 0.29) is 12.5 Å². The van der Waals surface area contributed by atoms with Gasteiger partial charge in [0, 0.05) is 6.54 Å². The minimum Gasteiger partial charge on any atom is -0.316 e. The predicted octanol–water partition coefficient (Wildman–Crippen LogP) is 2.12. The third-order valence-electron chi connectivity index (χ3n) is 3.52. The molecule has 0 bridgehead atoms. The molecule has 4 nitrogen and oxygen atoms in total. The molecular formula is C13H16F4N2O2S. The minimum atomic E-state index is -4.85. The third-order valence-corrected chi connectivity index (χ3v) is 4.94. The fraction of sp³-hybridized carbons (Fsp3) is 0.538. The van der Waals surface area contributed by atoms with Crippen molar-refractivity contribution in [1.82, 2.24) is 10.0 Å². The summed E-state index contributed by atoms with van der Waals surface area (Å²) in [5.74, 6) is -1.49. The average Bonchev–Trinajstić information content (AvgIpc) is 2.45. The Hall–Kier alpha value is -1.19. The fourth-order valence-corrected chi connectivity index (χ4v) is 3.43. The summed E-state index contributed by atoms with van der Waals surface area (Å²) in [5, 5.41) is 3.12. The van der Waals surface area contributed by atoms with E-state index in [2.05, 4.69) is 10.0 Å². The second kappa shape index (κ2) is 6.51. The molecule has 1 unspecified atom stereocenters. The summed E-state index contributed by atoms with van der Waals surface area (Å²) in [7, 11) is -4.03. The molecule has 0 aliphatic carbocycles. The van der Waals surface area contributed by atoms with Gasteiger partial charge in [-0.25, -0.2) is 17.5 Å². The first-order valence-corrected chi connectivity index (χ1v) is 8.25. The monoisotopic (exact) mass is 340 g/mol. The molecule has 0 spiro atoms. The molecule has 1 aromatic rings. The number of piperidine rings is 1. The van der Waals surface area contributed by atoms with Crippen LogP contribution in [0.1, 0.15) is 18.4 Å². The first-order valence-electron chi connectivity index (χ1n) is 6.77. The zero-order chi connectivity index (χ0) is 16.4. The topological polar surface area (TPSA) is 58.2 Å². The Balaban J connectivity index is 2.10. The lowest BCUT2D eigenvalue weighted by Crippen LogP contribution is -2.38. The van der Waals surface area contributed by atoms with Crippen LogP contribution in [0.3, 0.4) is 0 Å². The Morgan fingerprint density at radius 1 is 1.32 bits per heavy atom. The highest BCUT2D eigenvalue weighted by atomic mass is 32.2. The lowest BCUT2D eigenvalue weighted by atomic mass is 10.0. The molecule has 0 saturated carbocycles. The molecule has 124 valence electrons. The number of sulfonamides is 1. The van der Waals surface area contributed by atoms with Gasteiger partial charge >= 0.3 is 6.18 Å². The van der Waals surface area contributed by atoms with Crippen molar-refractivity contribution in [2.45, 2.75) is 23.9 Å². The summed E-state index contributed by atoms with van der Waals surface area (Å²) < 4.78 is 77.1. The molecule has 2 rings (SSSR count). The molecule has 22 heavy (non-hydrogen) atoms. The average molecular weight is 340 g/mol. The Kier molecular flexibility index (Phi) is 5.08. The van der Waals surface area contributed by atoms with Crippen LogP contribution in [0.15, 0.2) is 23.1 Å². The van der Waals surface area contributed by atoms with Crippen molar-refractivity contribution in [3.63, 3.8) is 0 Å². The van der Waals surface area contributed by atoms with Gasteiger partial charge in [-0.1, -0.05) is 0 Å². The lowest BCUT2D eigenvalue weighted by Gasteiger charge is -2.22. The minimum absolute atomic E-state index is 0.114. The van der Waals surface area contributed by atoms with Gasteiger partial charge < -0.3 is 5.32 Å². The summed E-state index contributed by atoms with van der Waals surface area (Å²) in [6, 6.07) is 1.59. The normalized spacial score (nSPS) is 20.1. The standard InChI is InChI=1S/C13H16F4N2O2S/c14-12-6-10(3-4-11(12)13(15,16)17)22(20,21)19-8-9-2-1-5-18-7-9/h3-4,6,9,18-19H,1-2,5,7-8H2. The van der Waals surface area contributed by atoms with Crippen LogP contribution in [0.5, 0.6) is 0 Å². The Labute approximate surface area is 126 Å². The molecule has 1 fully saturated rings. The zero-order valence-electron chi connectivity index (χ0n) is 11.6. The van der Waals surface area contributed by atoms with Crippen LogP contribution < -0.4 is 10.0 Å². The van der Waals surface area contributed by atoms with E-state index in [9.17, 15) is 26.0 Å². The molecule has 1 aromatic carbocycles. The molecule has 9 heteroatoms. The van der Waals surface area contributed by atoms with E-state index in [1.165, 1.54) is 0 Å². The van der Waals surface area contributed by atoms with Crippen molar-refractivity contribution in [3.8, 4) is 0 Å². The van der Waals surface area contributed by atoms with Crippen LogP contribution in [0.25, 0.3) is 0 Å². The zero-order valence-corrected chi connectivity index (χ0v) is 12.4. The van der Waals surface area contributed by atoms with Gasteiger partial charge in [0.15, 0.2) is 0 Å². The number of benzene rings is 1. The van der Waals surface area contributed by atoms with E-state index >= 15 is 0 Å². The maximum Gasteiger partial charge on any atom is 0.419 e. The van der Waals surface area contributed by atoms with Crippen LogP contribution >= 0.6 is 0 Å². The Bertz CT molecular complexity index is 625. The summed E-state index contributed by atoms with van der Waals surface area (Å²) in [4.78, 5) is -0.512. The largest absolute Gasteiger partial charge is 0.419 e. The van der Waals surface area contributed by atoms with E-state index in [1.807, 2.05) is 0 Å². The van der Waals surface area contributed by atoms with E-state index in [0.29, 0.717) is 18.7 Å². The summed E-state index contributed by atoms with van der Waals surface area (Å²) in [5.41, 5.74) is -1.48. The fourth-order valence-electron chi connectivity index (χ4n) is 2.30. The van der Waals surface area contributed by atoms with Crippen molar-refractivity contribution in [3.05, 3.63) is 29.6 Å². The number of halogens is 4. The number of nitrogens with one attached hydrogen (secondary N) is 2.